The Bertz CT molecular complexity index is 2010. The van der Waals surface area contributed by atoms with Gasteiger partial charge in [-0.15, -0.1) is 6.58 Å². The molecule has 2 unspecified atom stereocenters. The van der Waals surface area contributed by atoms with Crippen LogP contribution in [0.25, 0.3) is 11.1 Å². The number of sulfonamides is 1. The number of nitrogens with one attached hydrogen (secondary N) is 3. The molecule has 9 rings (SSSR count). The summed E-state index contributed by atoms with van der Waals surface area (Å²) in [6.45, 7) is 9.37. The second-order valence-electron chi connectivity index (χ2n) is 18.9. The number of ether oxygens (including phenoxy) is 2. The van der Waals surface area contributed by atoms with E-state index in [4.69, 9.17) is 9.47 Å². The molecule has 1 aliphatic heterocycles. The summed E-state index contributed by atoms with van der Waals surface area (Å²) in [5.41, 5.74) is -1.24. The van der Waals surface area contributed by atoms with Gasteiger partial charge >= 0.3 is 6.09 Å². The molecule has 0 radical (unpaired) electrons. The topological polar surface area (TPSA) is 160 Å². The van der Waals surface area contributed by atoms with Crippen molar-refractivity contribution < 1.29 is 37.1 Å². The minimum atomic E-state index is -3.90. The first-order chi connectivity index (χ1) is 27.0. The van der Waals surface area contributed by atoms with Crippen molar-refractivity contribution >= 4 is 33.8 Å². The van der Waals surface area contributed by atoms with Crippen LogP contribution in [0.3, 0.4) is 0 Å². The van der Waals surface area contributed by atoms with E-state index in [1.807, 2.05) is 75.4 Å². The third-order valence-corrected chi connectivity index (χ3v) is 15.6. The SMILES string of the molecule is C=C[C@@H]1C[C@]1(NC(=O)[C@@H]1CC(OC)(c2ccc(-c3ccccc3)cc2)CN1C(=O)C(NC(=O)OC12CC3CC(CC(C3)C1)C2)C(C)(C)C)C(=O)NS(=O)(=O)C1CC1. The van der Waals surface area contributed by atoms with Crippen LogP contribution in [-0.4, -0.2) is 79.3 Å². The lowest BCUT2D eigenvalue weighted by molar-refractivity contribution is -0.144. The standard InChI is InChI=1S/C44H56N4O8S/c1-6-32-24-44(32,39(51)47-57(53,54)34-16-17-34)46-37(49)35-25-43(55-5,33-14-12-31(13-15-33)30-10-8-7-9-11-30)26-48(35)38(50)36(41(2,3)4)45-40(52)56-42-21-27-18-28(22-42)20-29(19-27)23-42/h6-15,27-29,32,34-36H,1,16-26H2,2-5H3,(H,45,52)(H,46,49)(H,47,51)/t27?,28?,29?,32-,35+,36?,42?,43?,44-/m1/s1. The van der Waals surface area contributed by atoms with E-state index in [1.54, 1.807) is 7.11 Å². The van der Waals surface area contributed by atoms with Gasteiger partial charge in [-0.25, -0.2) is 13.2 Å². The lowest BCUT2D eigenvalue weighted by atomic mass is 9.54. The monoisotopic (exact) mass is 800 g/mol. The number of hydrogen-bond donors (Lipinski definition) is 3. The van der Waals surface area contributed by atoms with E-state index in [1.165, 1.54) is 30.2 Å². The molecule has 12 nitrogen and oxygen atoms in total. The molecule has 2 aromatic rings. The molecule has 0 aromatic heterocycles. The van der Waals surface area contributed by atoms with Crippen LogP contribution in [0.5, 0.6) is 0 Å². The Morgan fingerprint density at radius 1 is 0.877 bits per heavy atom. The zero-order valence-corrected chi connectivity index (χ0v) is 34.2. The molecule has 4 amide bonds. The van der Waals surface area contributed by atoms with E-state index in [-0.39, 0.29) is 19.4 Å². The van der Waals surface area contributed by atoms with Gasteiger partial charge in [0.1, 0.15) is 28.8 Å². The van der Waals surface area contributed by atoms with Crippen molar-refractivity contribution in [3.05, 3.63) is 72.8 Å². The van der Waals surface area contributed by atoms with Crippen LogP contribution >= 0.6 is 0 Å². The highest BCUT2D eigenvalue weighted by molar-refractivity contribution is 7.91. The fourth-order valence-electron chi connectivity index (χ4n) is 10.7. The van der Waals surface area contributed by atoms with Crippen LogP contribution < -0.4 is 15.4 Å². The summed E-state index contributed by atoms with van der Waals surface area (Å²) < 4.78 is 40.4. The van der Waals surface area contributed by atoms with Crippen LogP contribution in [0.15, 0.2) is 67.3 Å². The number of methoxy groups -OCH3 is 1. The van der Waals surface area contributed by atoms with Crippen molar-refractivity contribution in [2.24, 2.45) is 29.1 Å². The van der Waals surface area contributed by atoms with Crippen LogP contribution in [0, 0.1) is 29.1 Å². The average Bonchev–Trinajstić information content (AvgIpc) is 4.09. The summed E-state index contributed by atoms with van der Waals surface area (Å²) >= 11 is 0. The minimum absolute atomic E-state index is 0.0243. The van der Waals surface area contributed by atoms with E-state index in [0.717, 1.165) is 36.0 Å². The Morgan fingerprint density at radius 3 is 2.00 bits per heavy atom. The summed E-state index contributed by atoms with van der Waals surface area (Å²) in [5, 5.41) is 5.19. The maximum atomic E-state index is 15.0. The molecule has 3 N–H and O–H groups in total. The van der Waals surface area contributed by atoms with Crippen LogP contribution in [0.4, 0.5) is 4.79 Å². The van der Waals surface area contributed by atoms with Crippen molar-refractivity contribution in [2.75, 3.05) is 13.7 Å². The number of alkyl carbamates (subject to hydrolysis) is 1. The summed E-state index contributed by atoms with van der Waals surface area (Å²) in [5.74, 6) is -0.775. The molecule has 7 aliphatic rings. The first kappa shape index (κ1) is 39.6. The highest BCUT2D eigenvalue weighted by Crippen LogP contribution is 2.57. The molecule has 5 atom stereocenters. The molecule has 6 saturated carbocycles. The molecule has 2 aromatic carbocycles. The van der Waals surface area contributed by atoms with Crippen LogP contribution in [-0.2, 0) is 39.5 Å². The maximum Gasteiger partial charge on any atom is 0.408 e. The summed E-state index contributed by atoms with van der Waals surface area (Å²) in [4.78, 5) is 58.7. The molecule has 57 heavy (non-hydrogen) atoms. The highest BCUT2D eigenvalue weighted by Gasteiger charge is 2.63. The molecular weight excluding hydrogens is 745 g/mol. The van der Waals surface area contributed by atoms with Gasteiger partial charge < -0.3 is 25.0 Å². The van der Waals surface area contributed by atoms with Crippen molar-refractivity contribution in [1.82, 2.24) is 20.3 Å². The molecule has 6 aliphatic carbocycles. The normalized spacial score (nSPS) is 33.3. The Hall–Kier alpha value is -4.23. The number of nitrogens with zero attached hydrogens (tertiary/aromatic N) is 1. The van der Waals surface area contributed by atoms with Crippen LogP contribution in [0.1, 0.15) is 90.5 Å². The second kappa shape index (κ2) is 14.2. The minimum Gasteiger partial charge on any atom is -0.443 e. The number of amides is 4. The molecule has 1 saturated heterocycles. The smallest absolute Gasteiger partial charge is 0.408 e. The Balaban J connectivity index is 1.08. The van der Waals surface area contributed by atoms with E-state index in [9.17, 15) is 22.8 Å². The van der Waals surface area contributed by atoms with Crippen molar-refractivity contribution in [3.8, 4) is 11.1 Å². The summed E-state index contributed by atoms with van der Waals surface area (Å²) in [6, 6.07) is 15.5. The Kier molecular flexibility index (Phi) is 9.90. The maximum absolute atomic E-state index is 15.0. The molecule has 7 fully saturated rings. The average molecular weight is 801 g/mol. The second-order valence-corrected chi connectivity index (χ2v) is 20.9. The molecular formula is C44H56N4O8S. The quantitative estimate of drug-likeness (QED) is 0.235. The van der Waals surface area contributed by atoms with Gasteiger partial charge in [0.15, 0.2) is 0 Å². The van der Waals surface area contributed by atoms with Crippen molar-refractivity contribution in [2.45, 2.75) is 119 Å². The lowest BCUT2D eigenvalue weighted by Crippen LogP contribution is -2.61. The van der Waals surface area contributed by atoms with E-state index in [0.29, 0.717) is 30.6 Å². The number of carbonyl (C=O) groups excluding carboxylic acids is 4. The molecule has 4 bridgehead atoms. The number of benzene rings is 2. The van der Waals surface area contributed by atoms with Gasteiger partial charge in [-0.2, -0.15) is 0 Å². The Labute approximate surface area is 335 Å². The predicted molar refractivity (Wildman–Crippen MR) is 214 cm³/mol. The molecule has 1 heterocycles. The van der Waals surface area contributed by atoms with Gasteiger partial charge in [0.25, 0.3) is 5.91 Å². The largest absolute Gasteiger partial charge is 0.443 e. The summed E-state index contributed by atoms with van der Waals surface area (Å²) in [7, 11) is -2.36. The number of hydrogen-bond acceptors (Lipinski definition) is 8. The van der Waals surface area contributed by atoms with Gasteiger partial charge in [0.05, 0.1) is 11.8 Å². The van der Waals surface area contributed by atoms with Crippen molar-refractivity contribution in [3.63, 3.8) is 0 Å². The van der Waals surface area contributed by atoms with Gasteiger partial charge in [0.2, 0.25) is 21.8 Å². The molecule has 306 valence electrons. The van der Waals surface area contributed by atoms with Gasteiger partial charge in [-0.1, -0.05) is 81.4 Å². The lowest BCUT2D eigenvalue weighted by Gasteiger charge is -2.55. The van der Waals surface area contributed by atoms with Crippen molar-refractivity contribution in [1.29, 1.82) is 0 Å². The zero-order chi connectivity index (χ0) is 40.5. The Morgan fingerprint density at radius 2 is 1.47 bits per heavy atom. The fraction of sp³-hybridized carbons (Fsp3) is 0.591. The third kappa shape index (κ3) is 7.50. The summed E-state index contributed by atoms with van der Waals surface area (Å²) in [6.07, 6.45) is 8.13. The highest BCUT2D eigenvalue weighted by atomic mass is 32.2. The van der Waals surface area contributed by atoms with E-state index in [2.05, 4.69) is 21.9 Å². The molecule has 0 spiro atoms. The first-order valence-electron chi connectivity index (χ1n) is 20.5. The number of likely N-dealkylation sites (tertiary alicyclic amines) is 1. The van der Waals surface area contributed by atoms with Gasteiger partial charge in [0, 0.05) is 19.4 Å². The number of rotatable bonds is 12. The number of carbonyl (C=O) groups is 4. The first-order valence-corrected chi connectivity index (χ1v) is 22.1. The fourth-order valence-corrected chi connectivity index (χ4v) is 12.1. The molecule has 13 heteroatoms. The third-order valence-electron chi connectivity index (χ3n) is 13.7. The van der Waals surface area contributed by atoms with Gasteiger partial charge in [-0.05, 0) is 97.6 Å². The van der Waals surface area contributed by atoms with E-state index >= 15 is 4.79 Å². The van der Waals surface area contributed by atoms with E-state index < -0.39 is 79.2 Å². The zero-order valence-electron chi connectivity index (χ0n) is 33.4. The van der Waals surface area contributed by atoms with Crippen LogP contribution in [0.2, 0.25) is 0 Å². The van der Waals surface area contributed by atoms with Gasteiger partial charge in [-0.3, -0.25) is 19.1 Å². The predicted octanol–water partition coefficient (Wildman–Crippen LogP) is 5.58.